The molecule has 3 aliphatic rings. The molecule has 0 heterocycles. The fraction of sp³-hybridized carbons (Fsp3) is 0.0455. The van der Waals surface area contributed by atoms with Gasteiger partial charge < -0.3 is 23.9 Å². The molecule has 0 radical (unpaired) electrons. The number of nitrogens with zero attached hydrogens (tertiary/aromatic N) is 3. The Balaban J connectivity index is 0.00000304. The quantitative estimate of drug-likeness (QED) is 0.0506. The van der Waals surface area contributed by atoms with E-state index in [2.05, 4.69) is 31.6 Å². The topological polar surface area (TPSA) is 336 Å². The van der Waals surface area contributed by atoms with Crippen molar-refractivity contribution in [1.82, 2.24) is 0 Å². The maximum absolute atomic E-state index is 13.8. The number of benzene rings is 5. The molecule has 0 aromatic heterocycles. The summed E-state index contributed by atoms with van der Waals surface area (Å²) in [4.78, 5) is 37.7. The van der Waals surface area contributed by atoms with Gasteiger partial charge >= 0.3 is 88.7 Å². The average Bonchev–Trinajstić information content (AvgIpc) is 3.25. The molecule has 0 atom stereocenters. The zero-order valence-corrected chi connectivity index (χ0v) is 45.7. The number of Topliss-reactive ketones (excluding diaryl/α,β-unsaturated/α-hetero) is 3. The van der Waals surface area contributed by atoms with Crippen molar-refractivity contribution in [3.05, 3.63) is 153 Å². The molecule has 0 spiro atoms. The first kappa shape index (κ1) is 56.0. The van der Waals surface area contributed by atoms with Crippen molar-refractivity contribution < 1.29 is 152 Å². The molecule has 8 rings (SSSR count). The number of allylic oxidation sites excluding steroid dienone is 3. The number of carbonyl (C=O) groups is 3. The van der Waals surface area contributed by atoms with Crippen molar-refractivity contribution in [2.24, 2.45) is 15.3 Å². The Kier molecular flexibility index (Phi) is 17.1. The molecular formula is C44H29N6Na3O14S3. The van der Waals surface area contributed by atoms with E-state index in [1.807, 2.05) is 0 Å². The molecule has 20 nitrogen and oxygen atoms in total. The molecule has 0 fully saturated rings. The van der Waals surface area contributed by atoms with Crippen LogP contribution < -0.4 is 105 Å². The summed E-state index contributed by atoms with van der Waals surface area (Å²) in [6.07, 6.45) is 2.52. The van der Waals surface area contributed by atoms with Crippen molar-refractivity contribution in [2.75, 3.05) is 16.3 Å². The van der Waals surface area contributed by atoms with Gasteiger partial charge in [-0.1, -0.05) is 42.5 Å². The van der Waals surface area contributed by atoms with Crippen LogP contribution in [0.4, 0.5) is 17.1 Å². The van der Waals surface area contributed by atoms with Gasteiger partial charge in [-0.2, -0.15) is 15.3 Å². The molecule has 0 amide bonds. The Hall–Kier alpha value is -4.93. The normalized spacial score (nSPS) is 16.0. The molecule has 0 unspecified atom stereocenters. The minimum Gasteiger partial charge on any atom is -0.744 e. The molecule has 26 heteroatoms. The second-order valence-electron chi connectivity index (χ2n) is 14.9. The van der Waals surface area contributed by atoms with Crippen molar-refractivity contribution >= 4 is 97.8 Å². The van der Waals surface area contributed by atoms with E-state index in [-0.39, 0.29) is 122 Å². The van der Waals surface area contributed by atoms with Gasteiger partial charge in [0.15, 0.2) is 0 Å². The first-order valence-corrected chi connectivity index (χ1v) is 23.4. The fourth-order valence-corrected chi connectivity index (χ4v) is 9.37. The van der Waals surface area contributed by atoms with E-state index in [4.69, 9.17) is 0 Å². The number of phenolic OH excluding ortho intramolecular Hbond substituents is 2. The van der Waals surface area contributed by atoms with Gasteiger partial charge in [0, 0.05) is 16.7 Å². The molecule has 5 aromatic carbocycles. The average molecular weight is 1030 g/mol. The second-order valence-corrected chi connectivity index (χ2v) is 19.0. The van der Waals surface area contributed by atoms with Crippen LogP contribution in [0, 0.1) is 13.8 Å². The Morgan fingerprint density at radius 1 is 0.486 bits per heavy atom. The van der Waals surface area contributed by atoms with Gasteiger partial charge in [-0.3, -0.25) is 30.7 Å². The Morgan fingerprint density at radius 2 is 0.929 bits per heavy atom. The van der Waals surface area contributed by atoms with Gasteiger partial charge in [0.05, 0.1) is 42.9 Å². The minimum absolute atomic E-state index is 0. The molecule has 0 saturated heterocycles. The number of ketones is 3. The number of nitrogens with one attached hydrogen (secondary N) is 3. The minimum atomic E-state index is -5.27. The predicted molar refractivity (Wildman–Crippen MR) is 243 cm³/mol. The van der Waals surface area contributed by atoms with Crippen LogP contribution in [0.15, 0.2) is 123 Å². The summed E-state index contributed by atoms with van der Waals surface area (Å²) in [6, 6.07) is 21.1. The van der Waals surface area contributed by atoms with Gasteiger partial charge in [0.1, 0.15) is 59.0 Å². The number of rotatable bonds is 10. The first-order chi connectivity index (χ1) is 31.5. The summed E-state index contributed by atoms with van der Waals surface area (Å²) in [5.74, 6) is -3.85. The molecule has 5 N–H and O–H groups in total. The molecule has 70 heavy (non-hydrogen) atoms. The van der Waals surface area contributed by atoms with Gasteiger partial charge in [-0.25, -0.2) is 25.3 Å². The fourth-order valence-electron chi connectivity index (χ4n) is 7.33. The monoisotopic (exact) mass is 1030 g/mol. The van der Waals surface area contributed by atoms with E-state index in [1.165, 1.54) is 48.5 Å². The van der Waals surface area contributed by atoms with Crippen LogP contribution in [0.1, 0.15) is 58.9 Å². The van der Waals surface area contributed by atoms with Crippen LogP contribution in [-0.2, 0) is 30.4 Å². The molecule has 0 saturated carbocycles. The molecular weight excluding hydrogens is 1000 g/mol. The smallest absolute Gasteiger partial charge is 0.744 e. The number of phenols is 2. The number of anilines is 3. The summed E-state index contributed by atoms with van der Waals surface area (Å²) >= 11 is 0. The predicted octanol–water partition coefficient (Wildman–Crippen LogP) is -3.95. The van der Waals surface area contributed by atoms with E-state index in [1.54, 1.807) is 50.2 Å². The maximum atomic E-state index is 13.8. The molecule has 340 valence electrons. The van der Waals surface area contributed by atoms with Crippen LogP contribution in [-0.4, -0.2) is 83.6 Å². The SMILES string of the molecule is Cc1cc(-c2ccc(NN=C3C(=O)c4cc(NN=C5C=C(S(=O)(=O)[O-])c6cccc(O)c6C5=O)ccc4C=C3S(=O)(=O)[O-])c(C)c2)ccc1NN=C1C=C(S(=O)(=O)[O-])c2cccc(O)c2C1=O.[Na+].[Na+].[Na+]. The Bertz CT molecular complexity index is 3650. The van der Waals surface area contributed by atoms with E-state index in [9.17, 15) is 63.5 Å². The van der Waals surface area contributed by atoms with Crippen molar-refractivity contribution in [2.45, 2.75) is 13.8 Å². The van der Waals surface area contributed by atoms with Crippen LogP contribution in [0.3, 0.4) is 0 Å². The zero-order valence-electron chi connectivity index (χ0n) is 37.3. The maximum Gasteiger partial charge on any atom is 1.00 e. The van der Waals surface area contributed by atoms with Gasteiger partial charge in [0.2, 0.25) is 17.3 Å². The first-order valence-electron chi connectivity index (χ1n) is 19.2. The van der Waals surface area contributed by atoms with Gasteiger partial charge in [-0.15, -0.1) is 0 Å². The third-order valence-electron chi connectivity index (χ3n) is 10.6. The van der Waals surface area contributed by atoms with E-state index >= 15 is 0 Å². The number of hydrogen-bond acceptors (Lipinski definition) is 20. The van der Waals surface area contributed by atoms with Gasteiger partial charge in [-0.05, 0) is 108 Å². The molecule has 5 aromatic rings. The number of fused-ring (bicyclic) bond motifs is 3. The number of aryl methyl sites for hydroxylation is 2. The van der Waals surface area contributed by atoms with Crippen LogP contribution >= 0.6 is 0 Å². The summed E-state index contributed by atoms with van der Waals surface area (Å²) in [7, 11) is -15.5. The standard InChI is InChI=1S/C44H32N6O14S3.3Na/c1-21-15-23(10-13-30(21)46-49-33-20-37(66(59,60)61)28-6-4-8-35(52)40(28)44(33)55)24-11-14-31(22(2)16-24)47-50-41-38(67(62,63)64)17-25-9-12-26(18-29(25)42(41)53)45-48-32-19-36(65(56,57)58)27-5-3-7-34(51)39(27)43(32)54;;;/h3-20,45-47,51-52H,1-2H3,(H,56,57,58)(H,59,60,61)(H,62,63,64);;;/q;3*+1/p-3. The molecule has 3 aliphatic carbocycles. The van der Waals surface area contributed by atoms with Crippen molar-refractivity contribution in [3.63, 3.8) is 0 Å². The van der Waals surface area contributed by atoms with Crippen LogP contribution in [0.25, 0.3) is 27.0 Å². The Morgan fingerprint density at radius 3 is 1.37 bits per heavy atom. The number of aromatic hydroxyl groups is 2. The number of hydrazone groups is 3. The summed E-state index contributed by atoms with van der Waals surface area (Å²) in [5, 5.41) is 32.6. The van der Waals surface area contributed by atoms with Crippen LogP contribution in [0.2, 0.25) is 0 Å². The summed E-state index contributed by atoms with van der Waals surface area (Å²) in [6.45, 7) is 3.41. The molecule has 0 bridgehead atoms. The number of hydrogen-bond donors (Lipinski definition) is 5. The van der Waals surface area contributed by atoms with E-state index in [0.717, 1.165) is 24.3 Å². The van der Waals surface area contributed by atoms with Crippen LogP contribution in [0.5, 0.6) is 11.5 Å². The zero-order chi connectivity index (χ0) is 48.3. The van der Waals surface area contributed by atoms with E-state index in [0.29, 0.717) is 33.6 Å². The number of carbonyl (C=O) groups excluding carboxylic acids is 3. The largest absolute Gasteiger partial charge is 1.00 e. The second kappa shape index (κ2) is 21.4. The van der Waals surface area contributed by atoms with Crippen molar-refractivity contribution in [1.29, 1.82) is 0 Å². The third-order valence-corrected chi connectivity index (χ3v) is 13.2. The Labute approximate surface area is 465 Å². The van der Waals surface area contributed by atoms with E-state index < -0.39 is 96.6 Å². The van der Waals surface area contributed by atoms with Gasteiger partial charge in [0.25, 0.3) is 0 Å². The third kappa shape index (κ3) is 11.2. The summed E-state index contributed by atoms with van der Waals surface area (Å²) in [5.41, 5.74) is 7.87. The summed E-state index contributed by atoms with van der Waals surface area (Å²) < 4.78 is 109. The molecule has 0 aliphatic heterocycles. The van der Waals surface area contributed by atoms with Crippen molar-refractivity contribution in [3.8, 4) is 22.6 Å².